The van der Waals surface area contributed by atoms with Gasteiger partial charge in [0.1, 0.15) is 5.69 Å². The summed E-state index contributed by atoms with van der Waals surface area (Å²) >= 11 is 5.13. The minimum absolute atomic E-state index is 0.305. The molecule has 0 spiro atoms. The number of rotatable bonds is 4. The molecule has 96 valence electrons. The van der Waals surface area contributed by atoms with Gasteiger partial charge in [-0.25, -0.2) is 0 Å². The molecule has 3 nitrogen and oxygen atoms in total. The third kappa shape index (κ3) is 2.42. The standard InChI is InChI=1S/C13H15BrN2OS/c1-4-8(2)16-6-10(7-17)13(15-16)11-5-12(14)18-9(11)3/h5-8H,4H2,1-3H3. The molecule has 0 aliphatic heterocycles. The Morgan fingerprint density at radius 2 is 2.33 bits per heavy atom. The fourth-order valence-electron chi connectivity index (χ4n) is 1.80. The van der Waals surface area contributed by atoms with E-state index in [9.17, 15) is 4.79 Å². The van der Waals surface area contributed by atoms with Crippen LogP contribution in [0.5, 0.6) is 0 Å². The smallest absolute Gasteiger partial charge is 0.153 e. The minimum atomic E-state index is 0.305. The lowest BCUT2D eigenvalue weighted by atomic mass is 10.1. The molecule has 0 bridgehead atoms. The molecule has 5 heteroatoms. The first-order chi connectivity index (χ1) is 8.56. The van der Waals surface area contributed by atoms with E-state index >= 15 is 0 Å². The highest BCUT2D eigenvalue weighted by atomic mass is 79.9. The van der Waals surface area contributed by atoms with Crippen LogP contribution in [0.25, 0.3) is 11.3 Å². The van der Waals surface area contributed by atoms with Gasteiger partial charge in [-0.15, -0.1) is 11.3 Å². The van der Waals surface area contributed by atoms with Gasteiger partial charge in [0.25, 0.3) is 0 Å². The van der Waals surface area contributed by atoms with Crippen LogP contribution in [0.4, 0.5) is 0 Å². The predicted octanol–water partition coefficient (Wildman–Crippen LogP) is 4.47. The van der Waals surface area contributed by atoms with Gasteiger partial charge in [0.05, 0.1) is 9.35 Å². The number of carbonyl (C=O) groups excluding carboxylic acids is 1. The van der Waals surface area contributed by atoms with Crippen LogP contribution in [-0.4, -0.2) is 16.1 Å². The third-order valence-corrected chi connectivity index (χ3v) is 4.63. The Morgan fingerprint density at radius 3 is 2.83 bits per heavy atom. The van der Waals surface area contributed by atoms with Crippen molar-refractivity contribution in [2.45, 2.75) is 33.2 Å². The van der Waals surface area contributed by atoms with Gasteiger partial charge >= 0.3 is 0 Å². The SMILES string of the molecule is CCC(C)n1cc(C=O)c(-c2cc(Br)sc2C)n1. The minimum Gasteiger partial charge on any atom is -0.298 e. The average Bonchev–Trinajstić information content (AvgIpc) is 2.91. The third-order valence-electron chi connectivity index (χ3n) is 3.07. The van der Waals surface area contributed by atoms with E-state index in [2.05, 4.69) is 34.9 Å². The van der Waals surface area contributed by atoms with Gasteiger partial charge in [-0.05, 0) is 42.3 Å². The van der Waals surface area contributed by atoms with E-state index in [1.54, 1.807) is 11.3 Å². The van der Waals surface area contributed by atoms with E-state index in [-0.39, 0.29) is 0 Å². The van der Waals surface area contributed by atoms with Crippen LogP contribution < -0.4 is 0 Å². The number of hydrogen-bond acceptors (Lipinski definition) is 3. The summed E-state index contributed by atoms with van der Waals surface area (Å²) in [6.07, 6.45) is 3.71. The Labute approximate surface area is 119 Å². The van der Waals surface area contributed by atoms with Gasteiger partial charge in [0, 0.05) is 22.7 Å². The van der Waals surface area contributed by atoms with Gasteiger partial charge in [-0.1, -0.05) is 6.92 Å². The van der Waals surface area contributed by atoms with Gasteiger partial charge in [0.15, 0.2) is 6.29 Å². The molecule has 2 aromatic rings. The Bertz CT molecular complexity index is 574. The Balaban J connectivity index is 2.53. The number of carbonyl (C=O) groups is 1. The lowest BCUT2D eigenvalue weighted by Gasteiger charge is -2.07. The second kappa shape index (κ2) is 5.36. The summed E-state index contributed by atoms with van der Waals surface area (Å²) in [6, 6.07) is 2.33. The average molecular weight is 327 g/mol. The van der Waals surface area contributed by atoms with Crippen LogP contribution >= 0.6 is 27.3 Å². The first kappa shape index (κ1) is 13.5. The van der Waals surface area contributed by atoms with Gasteiger partial charge in [-0.3, -0.25) is 9.48 Å². The fraction of sp³-hybridized carbons (Fsp3) is 0.385. The number of nitrogens with zero attached hydrogens (tertiary/aromatic N) is 2. The van der Waals surface area contributed by atoms with Gasteiger partial charge in [0.2, 0.25) is 0 Å². The molecule has 1 atom stereocenters. The molecule has 18 heavy (non-hydrogen) atoms. The molecule has 0 fully saturated rings. The zero-order chi connectivity index (χ0) is 13.3. The molecule has 0 aromatic carbocycles. The van der Waals surface area contributed by atoms with E-state index in [0.29, 0.717) is 11.6 Å². The van der Waals surface area contributed by atoms with Crippen LogP contribution in [0.3, 0.4) is 0 Å². The fourth-order valence-corrected chi connectivity index (χ4v) is 3.49. The first-order valence-corrected chi connectivity index (χ1v) is 7.48. The van der Waals surface area contributed by atoms with E-state index in [0.717, 1.165) is 27.8 Å². The molecule has 2 rings (SSSR count). The summed E-state index contributed by atoms with van der Waals surface area (Å²) in [5.74, 6) is 0. The summed E-state index contributed by atoms with van der Waals surface area (Å²) in [4.78, 5) is 12.3. The number of aryl methyl sites for hydroxylation is 1. The largest absolute Gasteiger partial charge is 0.298 e. The maximum Gasteiger partial charge on any atom is 0.153 e. The van der Waals surface area contributed by atoms with E-state index < -0.39 is 0 Å². The van der Waals surface area contributed by atoms with Crippen molar-refractivity contribution in [1.29, 1.82) is 0 Å². The van der Waals surface area contributed by atoms with Crippen molar-refractivity contribution in [2.75, 3.05) is 0 Å². The first-order valence-electron chi connectivity index (χ1n) is 5.87. The topological polar surface area (TPSA) is 34.9 Å². The van der Waals surface area contributed by atoms with Gasteiger partial charge < -0.3 is 0 Å². The van der Waals surface area contributed by atoms with Crippen molar-refractivity contribution in [3.8, 4) is 11.3 Å². The monoisotopic (exact) mass is 326 g/mol. The molecular formula is C13H15BrN2OS. The molecule has 0 amide bonds. The number of aromatic nitrogens is 2. The van der Waals surface area contributed by atoms with Crippen molar-refractivity contribution in [3.63, 3.8) is 0 Å². The molecule has 0 saturated heterocycles. The normalized spacial score (nSPS) is 12.7. The van der Waals surface area contributed by atoms with Crippen molar-refractivity contribution in [2.24, 2.45) is 0 Å². The molecule has 0 radical (unpaired) electrons. The van der Waals surface area contributed by atoms with Gasteiger partial charge in [-0.2, -0.15) is 5.10 Å². The Hall–Kier alpha value is -0.940. The zero-order valence-corrected chi connectivity index (χ0v) is 13.0. The summed E-state index contributed by atoms with van der Waals surface area (Å²) in [6.45, 7) is 6.25. The number of aldehydes is 1. The molecule has 0 N–H and O–H groups in total. The second-order valence-corrected chi connectivity index (χ2v) is 6.94. The molecule has 0 aliphatic carbocycles. The van der Waals surface area contributed by atoms with Crippen molar-refractivity contribution >= 4 is 33.6 Å². The summed E-state index contributed by atoms with van der Waals surface area (Å²) in [5.41, 5.74) is 2.48. The van der Waals surface area contributed by atoms with Crippen LogP contribution in [0, 0.1) is 6.92 Å². The van der Waals surface area contributed by atoms with Crippen LogP contribution in [0.15, 0.2) is 16.0 Å². The molecule has 2 heterocycles. The van der Waals surface area contributed by atoms with E-state index in [1.165, 1.54) is 4.88 Å². The maximum atomic E-state index is 11.2. The summed E-state index contributed by atoms with van der Waals surface area (Å²) in [7, 11) is 0. The van der Waals surface area contributed by atoms with Crippen molar-refractivity contribution in [3.05, 3.63) is 26.5 Å². The van der Waals surface area contributed by atoms with Crippen LogP contribution in [0.2, 0.25) is 0 Å². The second-order valence-electron chi connectivity index (χ2n) is 4.31. The summed E-state index contributed by atoms with van der Waals surface area (Å²) < 4.78 is 2.94. The quantitative estimate of drug-likeness (QED) is 0.777. The van der Waals surface area contributed by atoms with Crippen LogP contribution in [-0.2, 0) is 0 Å². The number of halogens is 1. The Kier molecular flexibility index (Phi) is 4.02. The van der Waals surface area contributed by atoms with Crippen molar-refractivity contribution < 1.29 is 4.79 Å². The Morgan fingerprint density at radius 1 is 1.61 bits per heavy atom. The lowest BCUT2D eigenvalue weighted by Crippen LogP contribution is -2.04. The molecular weight excluding hydrogens is 312 g/mol. The number of thiophene rings is 1. The zero-order valence-electron chi connectivity index (χ0n) is 10.6. The highest BCUT2D eigenvalue weighted by molar-refractivity contribution is 9.11. The summed E-state index contributed by atoms with van der Waals surface area (Å²) in [5, 5.41) is 4.57. The lowest BCUT2D eigenvalue weighted by molar-refractivity contribution is 0.112. The highest BCUT2D eigenvalue weighted by Gasteiger charge is 2.16. The van der Waals surface area contributed by atoms with E-state index in [1.807, 2.05) is 23.9 Å². The maximum absolute atomic E-state index is 11.2. The van der Waals surface area contributed by atoms with Crippen molar-refractivity contribution in [1.82, 2.24) is 9.78 Å². The molecule has 0 aliphatic rings. The molecule has 0 saturated carbocycles. The van der Waals surface area contributed by atoms with Crippen LogP contribution in [0.1, 0.15) is 41.5 Å². The molecule has 2 aromatic heterocycles. The highest BCUT2D eigenvalue weighted by Crippen LogP contribution is 2.34. The molecule has 1 unspecified atom stereocenters. The predicted molar refractivity (Wildman–Crippen MR) is 78.4 cm³/mol. The van der Waals surface area contributed by atoms with E-state index in [4.69, 9.17) is 0 Å². The number of hydrogen-bond donors (Lipinski definition) is 0.